The first-order chi connectivity index (χ1) is 8.92. The van der Waals surface area contributed by atoms with E-state index in [1.807, 2.05) is 7.11 Å². The van der Waals surface area contributed by atoms with Crippen LogP contribution in [0, 0.1) is 0 Å². The molecule has 0 aliphatic heterocycles. The van der Waals surface area contributed by atoms with Crippen LogP contribution in [0.4, 0.5) is 0 Å². The minimum Gasteiger partial charge on any atom is -0.427 e. The molecule has 0 atom stereocenters. The van der Waals surface area contributed by atoms with Crippen molar-refractivity contribution in [2.45, 2.75) is 18.4 Å². The molecule has 2 aromatic rings. The van der Waals surface area contributed by atoms with Gasteiger partial charge in [0.1, 0.15) is 0 Å². The summed E-state index contributed by atoms with van der Waals surface area (Å²) in [6.45, 7) is 0. The molecule has 2 aromatic carbocycles. The summed E-state index contributed by atoms with van der Waals surface area (Å²) in [6, 6.07) is 22.8. The number of benzene rings is 2. The molecule has 0 saturated heterocycles. The van der Waals surface area contributed by atoms with Gasteiger partial charge in [-0.3, -0.25) is 0 Å². The van der Waals surface area contributed by atoms with Crippen LogP contribution in [0.15, 0.2) is 60.7 Å². The second kappa shape index (κ2) is 7.14. The maximum atomic E-state index is 5.30. The van der Waals surface area contributed by atoms with Crippen molar-refractivity contribution < 1.29 is 4.43 Å². The van der Waals surface area contributed by atoms with Gasteiger partial charge in [-0.2, -0.15) is 0 Å². The molecule has 18 heavy (non-hydrogen) atoms. The Bertz CT molecular complexity index is 402. The molecule has 0 saturated carbocycles. The highest BCUT2D eigenvalue weighted by atomic mass is 28.2. The largest absolute Gasteiger partial charge is 0.427 e. The van der Waals surface area contributed by atoms with E-state index in [0.29, 0.717) is 5.92 Å². The predicted octanol–water partition coefficient (Wildman–Crippen LogP) is 3.36. The van der Waals surface area contributed by atoms with Crippen LogP contribution in [0.25, 0.3) is 0 Å². The van der Waals surface area contributed by atoms with E-state index < -0.39 is 0 Å². The van der Waals surface area contributed by atoms with Crippen molar-refractivity contribution in [1.29, 1.82) is 0 Å². The van der Waals surface area contributed by atoms with Crippen molar-refractivity contribution in [3.05, 3.63) is 71.8 Å². The molecule has 0 spiro atoms. The summed E-state index contributed by atoms with van der Waals surface area (Å²) in [5.41, 5.74) is 2.82. The zero-order chi connectivity index (χ0) is 12.6. The van der Waals surface area contributed by atoms with Crippen LogP contribution in [0.2, 0.25) is 6.04 Å². The molecule has 0 heterocycles. The first kappa shape index (κ1) is 13.1. The highest BCUT2D eigenvalue weighted by molar-refractivity contribution is 6.26. The van der Waals surface area contributed by atoms with E-state index in [2.05, 4.69) is 60.7 Å². The Hall–Kier alpha value is -1.38. The van der Waals surface area contributed by atoms with E-state index in [9.17, 15) is 0 Å². The van der Waals surface area contributed by atoms with Gasteiger partial charge in [-0.05, 0) is 23.6 Å². The lowest BCUT2D eigenvalue weighted by Gasteiger charge is -2.17. The summed E-state index contributed by atoms with van der Waals surface area (Å²) in [6.07, 6.45) is 1.19. The Kier molecular flexibility index (Phi) is 5.18. The summed E-state index contributed by atoms with van der Waals surface area (Å²) in [5, 5.41) is 0. The second-order valence-corrected chi connectivity index (χ2v) is 6.20. The topological polar surface area (TPSA) is 9.23 Å². The summed E-state index contributed by atoms with van der Waals surface area (Å²) >= 11 is 0. The molecular weight excluding hydrogens is 236 g/mol. The zero-order valence-corrected chi connectivity index (χ0v) is 12.3. The molecule has 0 aliphatic carbocycles. The van der Waals surface area contributed by atoms with Gasteiger partial charge in [0.05, 0.1) is 0 Å². The molecule has 2 rings (SSSR count). The van der Waals surface area contributed by atoms with Crippen LogP contribution in [0.5, 0.6) is 0 Å². The average molecular weight is 256 g/mol. The SMILES string of the molecule is CO[SiH2]CCC(c1ccccc1)c1ccccc1. The van der Waals surface area contributed by atoms with Crippen molar-refractivity contribution in [2.24, 2.45) is 0 Å². The van der Waals surface area contributed by atoms with E-state index in [1.165, 1.54) is 23.6 Å². The minimum atomic E-state index is -0.331. The molecule has 2 heteroatoms. The van der Waals surface area contributed by atoms with E-state index in [4.69, 9.17) is 4.43 Å². The molecule has 0 aliphatic rings. The van der Waals surface area contributed by atoms with Crippen molar-refractivity contribution in [3.63, 3.8) is 0 Å². The van der Waals surface area contributed by atoms with Crippen molar-refractivity contribution in [2.75, 3.05) is 7.11 Å². The molecule has 0 bridgehead atoms. The van der Waals surface area contributed by atoms with E-state index >= 15 is 0 Å². The fourth-order valence-corrected chi connectivity index (χ4v) is 3.19. The van der Waals surface area contributed by atoms with Crippen LogP contribution >= 0.6 is 0 Å². The molecule has 94 valence electrons. The molecule has 0 unspecified atom stereocenters. The van der Waals surface area contributed by atoms with Crippen LogP contribution in [-0.4, -0.2) is 16.9 Å². The van der Waals surface area contributed by atoms with Gasteiger partial charge in [-0.25, -0.2) is 0 Å². The van der Waals surface area contributed by atoms with Crippen LogP contribution in [-0.2, 0) is 4.43 Å². The third kappa shape index (κ3) is 3.55. The standard InChI is InChI=1S/C16H20OSi/c1-17-18-13-12-16(14-8-4-2-5-9-14)15-10-6-3-7-11-15/h2-11,16H,12-13,18H2,1H3. The summed E-state index contributed by atoms with van der Waals surface area (Å²) in [4.78, 5) is 0. The third-order valence-electron chi connectivity index (χ3n) is 3.25. The average Bonchev–Trinajstić information content (AvgIpc) is 2.46. The maximum Gasteiger partial charge on any atom is 0.161 e. The maximum absolute atomic E-state index is 5.30. The Morgan fingerprint density at radius 2 is 1.39 bits per heavy atom. The van der Waals surface area contributed by atoms with Gasteiger partial charge in [0.25, 0.3) is 0 Å². The predicted molar refractivity (Wildman–Crippen MR) is 79.7 cm³/mol. The molecule has 0 N–H and O–H groups in total. The summed E-state index contributed by atoms with van der Waals surface area (Å²) < 4.78 is 5.30. The van der Waals surface area contributed by atoms with Gasteiger partial charge in [0, 0.05) is 13.0 Å². The molecule has 0 radical (unpaired) electrons. The highest BCUT2D eigenvalue weighted by Gasteiger charge is 2.13. The van der Waals surface area contributed by atoms with E-state index in [1.54, 1.807) is 0 Å². The summed E-state index contributed by atoms with van der Waals surface area (Å²) in [7, 11) is 1.49. The smallest absolute Gasteiger partial charge is 0.161 e. The van der Waals surface area contributed by atoms with Crippen LogP contribution in [0.3, 0.4) is 0 Å². The van der Waals surface area contributed by atoms with E-state index in [0.717, 1.165) is 0 Å². The number of hydrogen-bond donors (Lipinski definition) is 0. The number of hydrogen-bond acceptors (Lipinski definition) is 1. The van der Waals surface area contributed by atoms with Gasteiger partial charge >= 0.3 is 0 Å². The Morgan fingerprint density at radius 3 is 1.83 bits per heavy atom. The zero-order valence-electron chi connectivity index (χ0n) is 10.9. The Labute approximate surface area is 112 Å². The first-order valence-electron chi connectivity index (χ1n) is 6.50. The third-order valence-corrected chi connectivity index (χ3v) is 4.35. The first-order valence-corrected chi connectivity index (χ1v) is 8.08. The van der Waals surface area contributed by atoms with Crippen LogP contribution < -0.4 is 0 Å². The quantitative estimate of drug-likeness (QED) is 0.569. The van der Waals surface area contributed by atoms with E-state index in [-0.39, 0.29) is 9.76 Å². The molecule has 0 aromatic heterocycles. The van der Waals surface area contributed by atoms with Gasteiger partial charge in [0.15, 0.2) is 9.76 Å². The molecule has 0 amide bonds. The van der Waals surface area contributed by atoms with Gasteiger partial charge < -0.3 is 4.43 Å². The fourth-order valence-electron chi connectivity index (χ4n) is 2.33. The van der Waals surface area contributed by atoms with Crippen molar-refractivity contribution in [3.8, 4) is 0 Å². The van der Waals surface area contributed by atoms with Gasteiger partial charge in [-0.1, -0.05) is 60.7 Å². The molecule has 0 fully saturated rings. The van der Waals surface area contributed by atoms with Crippen molar-refractivity contribution in [1.82, 2.24) is 0 Å². The van der Waals surface area contributed by atoms with Crippen molar-refractivity contribution >= 4 is 9.76 Å². The monoisotopic (exact) mass is 256 g/mol. The van der Waals surface area contributed by atoms with Gasteiger partial charge in [0.2, 0.25) is 0 Å². The molecular formula is C16H20OSi. The lowest BCUT2D eigenvalue weighted by Crippen LogP contribution is -2.03. The van der Waals surface area contributed by atoms with Gasteiger partial charge in [-0.15, -0.1) is 0 Å². The second-order valence-electron chi connectivity index (χ2n) is 4.51. The Balaban J connectivity index is 2.18. The molecule has 1 nitrogen and oxygen atoms in total. The minimum absolute atomic E-state index is 0.331. The summed E-state index contributed by atoms with van der Waals surface area (Å²) in [5.74, 6) is 0.509. The Morgan fingerprint density at radius 1 is 0.889 bits per heavy atom. The highest BCUT2D eigenvalue weighted by Crippen LogP contribution is 2.28. The number of rotatable bonds is 6. The lowest BCUT2D eigenvalue weighted by molar-refractivity contribution is 0.438. The van der Waals surface area contributed by atoms with Crippen LogP contribution in [0.1, 0.15) is 23.5 Å². The normalized spacial score (nSPS) is 11.4. The lowest BCUT2D eigenvalue weighted by atomic mass is 9.89. The fraction of sp³-hybridized carbons (Fsp3) is 0.250.